The second kappa shape index (κ2) is 6.02. The van der Waals surface area contributed by atoms with Crippen molar-refractivity contribution in [1.82, 2.24) is 14.8 Å². The maximum Gasteiger partial charge on any atom is 0.252 e. The molecule has 0 saturated carbocycles. The molecule has 0 aliphatic heterocycles. The first-order valence-electron chi connectivity index (χ1n) is 5.94. The number of primary amides is 1. The Labute approximate surface area is 115 Å². The summed E-state index contributed by atoms with van der Waals surface area (Å²) in [5.41, 5.74) is 12.2. The first-order valence-corrected chi connectivity index (χ1v) is 5.94. The number of nitrogens with two attached hydrogens (primary N) is 2. The molecule has 0 aliphatic carbocycles. The number of amides is 1. The van der Waals surface area contributed by atoms with Crippen molar-refractivity contribution in [2.24, 2.45) is 5.73 Å². The van der Waals surface area contributed by atoms with Gasteiger partial charge in [-0.05, 0) is 6.07 Å². The summed E-state index contributed by atoms with van der Waals surface area (Å²) in [6.45, 7) is 1.20. The van der Waals surface area contributed by atoms with Crippen LogP contribution in [0, 0.1) is 0 Å². The molecule has 8 heteroatoms. The van der Waals surface area contributed by atoms with E-state index in [9.17, 15) is 4.79 Å². The summed E-state index contributed by atoms with van der Waals surface area (Å²) in [6.07, 6.45) is 4.85. The number of methoxy groups -OCH3 is 1. The Morgan fingerprint density at radius 3 is 3.00 bits per heavy atom. The van der Waals surface area contributed by atoms with Crippen molar-refractivity contribution in [3.8, 4) is 0 Å². The van der Waals surface area contributed by atoms with Crippen LogP contribution in [0.5, 0.6) is 0 Å². The molecule has 0 spiro atoms. The predicted molar refractivity (Wildman–Crippen MR) is 74.6 cm³/mol. The molecule has 0 atom stereocenters. The van der Waals surface area contributed by atoms with Crippen LogP contribution in [0.2, 0.25) is 0 Å². The molecule has 0 radical (unpaired) electrons. The minimum atomic E-state index is -0.598. The number of ether oxygens (including phenoxy) is 1. The molecule has 0 bridgehead atoms. The van der Waals surface area contributed by atoms with Crippen LogP contribution in [-0.2, 0) is 11.3 Å². The van der Waals surface area contributed by atoms with Gasteiger partial charge in [0.05, 0.1) is 42.5 Å². The summed E-state index contributed by atoms with van der Waals surface area (Å²) in [6, 6.07) is 1.48. The van der Waals surface area contributed by atoms with Gasteiger partial charge < -0.3 is 21.5 Å². The maximum atomic E-state index is 11.4. The molecule has 20 heavy (non-hydrogen) atoms. The Morgan fingerprint density at radius 1 is 1.50 bits per heavy atom. The predicted octanol–water partition coefficient (Wildman–Crippen LogP) is 0.349. The number of nitrogens with one attached hydrogen (secondary N) is 1. The van der Waals surface area contributed by atoms with E-state index in [0.29, 0.717) is 30.3 Å². The van der Waals surface area contributed by atoms with Crippen molar-refractivity contribution < 1.29 is 9.53 Å². The minimum absolute atomic E-state index is 0.231. The number of pyridine rings is 1. The van der Waals surface area contributed by atoms with Crippen molar-refractivity contribution in [3.05, 3.63) is 30.2 Å². The van der Waals surface area contributed by atoms with Gasteiger partial charge in [-0.25, -0.2) is 4.98 Å². The summed E-state index contributed by atoms with van der Waals surface area (Å²) in [5.74, 6) is -0.253. The summed E-state index contributed by atoms with van der Waals surface area (Å²) in [4.78, 5) is 15.4. The van der Waals surface area contributed by atoms with E-state index in [2.05, 4.69) is 15.4 Å². The Morgan fingerprint density at radius 2 is 2.30 bits per heavy atom. The van der Waals surface area contributed by atoms with E-state index >= 15 is 0 Å². The molecular formula is C12H16N6O2. The third-order valence-corrected chi connectivity index (χ3v) is 2.59. The van der Waals surface area contributed by atoms with Crippen LogP contribution in [0.15, 0.2) is 24.7 Å². The van der Waals surface area contributed by atoms with Crippen molar-refractivity contribution in [1.29, 1.82) is 0 Å². The molecule has 0 aliphatic rings. The highest BCUT2D eigenvalue weighted by Crippen LogP contribution is 2.19. The zero-order valence-corrected chi connectivity index (χ0v) is 11.0. The standard InChI is InChI=1S/C12H16N6O2/c1-20-3-2-18-7-9(6-16-18)17-12-10(11(14)19)4-8(13)5-15-12/h4-7H,2-3,13H2,1H3,(H2,14,19)(H,15,17). The molecule has 106 valence electrons. The van der Waals surface area contributed by atoms with E-state index in [1.54, 1.807) is 24.2 Å². The van der Waals surface area contributed by atoms with E-state index in [1.807, 2.05) is 0 Å². The first-order chi connectivity index (χ1) is 9.60. The lowest BCUT2D eigenvalue weighted by atomic mass is 10.2. The van der Waals surface area contributed by atoms with Crippen LogP contribution >= 0.6 is 0 Å². The molecule has 8 nitrogen and oxygen atoms in total. The monoisotopic (exact) mass is 276 g/mol. The quantitative estimate of drug-likeness (QED) is 0.700. The van der Waals surface area contributed by atoms with Gasteiger partial charge in [0.2, 0.25) is 0 Å². The van der Waals surface area contributed by atoms with Gasteiger partial charge in [0.25, 0.3) is 5.91 Å². The van der Waals surface area contributed by atoms with Crippen LogP contribution in [0.1, 0.15) is 10.4 Å². The highest BCUT2D eigenvalue weighted by atomic mass is 16.5. The van der Waals surface area contributed by atoms with Gasteiger partial charge >= 0.3 is 0 Å². The van der Waals surface area contributed by atoms with E-state index in [0.717, 1.165) is 0 Å². The van der Waals surface area contributed by atoms with Gasteiger partial charge in [0, 0.05) is 13.3 Å². The van der Waals surface area contributed by atoms with Gasteiger partial charge in [0.15, 0.2) is 0 Å². The van der Waals surface area contributed by atoms with Crippen LogP contribution in [0.25, 0.3) is 0 Å². The van der Waals surface area contributed by atoms with E-state index < -0.39 is 5.91 Å². The first kappa shape index (κ1) is 13.8. The SMILES string of the molecule is COCCn1cc(Nc2ncc(N)cc2C(N)=O)cn1. The third kappa shape index (κ3) is 3.23. The Balaban J connectivity index is 2.17. The topological polar surface area (TPSA) is 121 Å². The second-order valence-electron chi connectivity index (χ2n) is 4.14. The molecule has 2 heterocycles. The van der Waals surface area contributed by atoms with Crippen LogP contribution in [0.4, 0.5) is 17.2 Å². The summed E-state index contributed by atoms with van der Waals surface area (Å²) in [7, 11) is 1.63. The lowest BCUT2D eigenvalue weighted by molar-refractivity contribution is 0.100. The lowest BCUT2D eigenvalue weighted by Gasteiger charge is -2.07. The Kier molecular flexibility index (Phi) is 4.16. The van der Waals surface area contributed by atoms with E-state index in [1.165, 1.54) is 12.3 Å². The lowest BCUT2D eigenvalue weighted by Crippen LogP contribution is -2.14. The van der Waals surface area contributed by atoms with Crippen molar-refractivity contribution in [3.63, 3.8) is 0 Å². The number of nitrogens with zero attached hydrogens (tertiary/aromatic N) is 3. The zero-order chi connectivity index (χ0) is 14.5. The van der Waals surface area contributed by atoms with E-state index in [-0.39, 0.29) is 5.56 Å². The van der Waals surface area contributed by atoms with Crippen molar-refractivity contribution in [2.75, 3.05) is 24.8 Å². The zero-order valence-electron chi connectivity index (χ0n) is 11.0. The molecule has 2 aromatic heterocycles. The number of carbonyl (C=O) groups is 1. The fourth-order valence-corrected chi connectivity index (χ4v) is 1.64. The van der Waals surface area contributed by atoms with E-state index in [4.69, 9.17) is 16.2 Å². The molecule has 2 aromatic rings. The molecular weight excluding hydrogens is 260 g/mol. The fraction of sp³-hybridized carbons (Fsp3) is 0.250. The largest absolute Gasteiger partial charge is 0.397 e. The summed E-state index contributed by atoms with van der Waals surface area (Å²) < 4.78 is 6.68. The highest BCUT2D eigenvalue weighted by molar-refractivity contribution is 5.98. The van der Waals surface area contributed by atoms with Crippen LogP contribution in [0.3, 0.4) is 0 Å². The molecule has 0 saturated heterocycles. The number of carbonyl (C=O) groups excluding carboxylic acids is 1. The number of anilines is 3. The summed E-state index contributed by atoms with van der Waals surface area (Å²) >= 11 is 0. The average Bonchev–Trinajstić information content (AvgIpc) is 2.86. The van der Waals surface area contributed by atoms with Crippen LogP contribution < -0.4 is 16.8 Å². The molecule has 0 aromatic carbocycles. The number of aromatic nitrogens is 3. The fourth-order valence-electron chi connectivity index (χ4n) is 1.64. The second-order valence-corrected chi connectivity index (χ2v) is 4.14. The molecule has 0 fully saturated rings. The Bertz CT molecular complexity index is 610. The number of hydrogen-bond acceptors (Lipinski definition) is 6. The summed E-state index contributed by atoms with van der Waals surface area (Å²) in [5, 5.41) is 7.13. The third-order valence-electron chi connectivity index (χ3n) is 2.59. The van der Waals surface area contributed by atoms with Crippen molar-refractivity contribution >= 4 is 23.1 Å². The van der Waals surface area contributed by atoms with Crippen molar-refractivity contribution in [2.45, 2.75) is 6.54 Å². The highest BCUT2D eigenvalue weighted by Gasteiger charge is 2.11. The smallest absolute Gasteiger partial charge is 0.252 e. The minimum Gasteiger partial charge on any atom is -0.397 e. The van der Waals surface area contributed by atoms with Crippen LogP contribution in [-0.4, -0.2) is 34.4 Å². The molecule has 2 rings (SSSR count). The maximum absolute atomic E-state index is 11.4. The number of hydrogen-bond donors (Lipinski definition) is 3. The Hall–Kier alpha value is -2.61. The molecule has 0 unspecified atom stereocenters. The van der Waals surface area contributed by atoms with Gasteiger partial charge in [-0.2, -0.15) is 5.10 Å². The van der Waals surface area contributed by atoms with Gasteiger partial charge in [-0.3, -0.25) is 9.48 Å². The molecule has 1 amide bonds. The normalized spacial score (nSPS) is 10.4. The van der Waals surface area contributed by atoms with Gasteiger partial charge in [-0.15, -0.1) is 0 Å². The van der Waals surface area contributed by atoms with Gasteiger partial charge in [-0.1, -0.05) is 0 Å². The van der Waals surface area contributed by atoms with Gasteiger partial charge in [0.1, 0.15) is 5.82 Å². The average molecular weight is 276 g/mol. The molecule has 5 N–H and O–H groups in total. The number of rotatable bonds is 6. The number of nitrogen functional groups attached to an aromatic ring is 1.